The minimum atomic E-state index is -0.373. The second-order valence-electron chi connectivity index (χ2n) is 3.80. The molecule has 0 saturated carbocycles. The first-order valence-electron chi connectivity index (χ1n) is 5.59. The lowest BCUT2D eigenvalue weighted by Crippen LogP contribution is -2.36. The zero-order chi connectivity index (χ0) is 12.8. The zero-order valence-electron chi connectivity index (χ0n) is 10.2. The van der Waals surface area contributed by atoms with Crippen molar-refractivity contribution in [1.29, 1.82) is 0 Å². The van der Waals surface area contributed by atoms with Crippen molar-refractivity contribution in [2.24, 2.45) is 0 Å². The molecule has 0 heterocycles. The Morgan fingerprint density at radius 2 is 2.24 bits per heavy atom. The van der Waals surface area contributed by atoms with E-state index in [2.05, 4.69) is 5.32 Å². The Kier molecular flexibility index (Phi) is 4.75. The molecule has 0 aliphatic rings. The van der Waals surface area contributed by atoms with Gasteiger partial charge in [-0.25, -0.2) is 4.39 Å². The smallest absolute Gasteiger partial charge is 0.239 e. The predicted molar refractivity (Wildman–Crippen MR) is 67.4 cm³/mol. The van der Waals surface area contributed by atoms with E-state index in [1.165, 1.54) is 12.1 Å². The molecule has 0 saturated heterocycles. The highest BCUT2D eigenvalue weighted by Gasteiger charge is 2.12. The maximum atomic E-state index is 12.9. The van der Waals surface area contributed by atoms with Crippen LogP contribution in [0.3, 0.4) is 0 Å². The second kappa shape index (κ2) is 6.08. The molecule has 1 aromatic carbocycles. The summed E-state index contributed by atoms with van der Waals surface area (Å²) in [4.78, 5) is 13.2. The molecule has 0 bridgehead atoms. The summed E-state index contributed by atoms with van der Waals surface area (Å²) in [7, 11) is 1.58. The van der Waals surface area contributed by atoms with Crippen LogP contribution in [0.1, 0.15) is 13.3 Å². The lowest BCUT2D eigenvalue weighted by Gasteiger charge is -2.24. The van der Waals surface area contributed by atoms with Gasteiger partial charge in [0.2, 0.25) is 5.91 Å². The summed E-state index contributed by atoms with van der Waals surface area (Å²) < 4.78 is 12.9. The van der Waals surface area contributed by atoms with Crippen molar-refractivity contribution in [2.75, 3.05) is 30.8 Å². The fourth-order valence-electron chi connectivity index (χ4n) is 1.62. The molecule has 0 aliphatic heterocycles. The average molecular weight is 239 g/mol. The Labute approximate surface area is 101 Å². The first kappa shape index (κ1) is 13.3. The molecular weight excluding hydrogens is 221 g/mol. The fourth-order valence-corrected chi connectivity index (χ4v) is 1.62. The highest BCUT2D eigenvalue weighted by atomic mass is 19.1. The average Bonchev–Trinajstić information content (AvgIpc) is 2.28. The van der Waals surface area contributed by atoms with Gasteiger partial charge in [-0.1, -0.05) is 6.92 Å². The van der Waals surface area contributed by atoms with Crippen molar-refractivity contribution >= 4 is 17.3 Å². The highest BCUT2D eigenvalue weighted by Crippen LogP contribution is 2.23. The van der Waals surface area contributed by atoms with Crippen LogP contribution >= 0.6 is 0 Å². The predicted octanol–water partition coefficient (Wildman–Crippen LogP) is 1.37. The minimum Gasteiger partial charge on any atom is -0.397 e. The number of hydrogen-bond donors (Lipinski definition) is 2. The summed E-state index contributed by atoms with van der Waals surface area (Å²) in [5, 5.41) is 2.56. The van der Waals surface area contributed by atoms with Crippen LogP contribution in [0, 0.1) is 5.82 Å². The van der Waals surface area contributed by atoms with Gasteiger partial charge in [0.15, 0.2) is 0 Å². The van der Waals surface area contributed by atoms with E-state index in [0.717, 1.165) is 6.42 Å². The third-order valence-electron chi connectivity index (χ3n) is 2.44. The van der Waals surface area contributed by atoms with Gasteiger partial charge in [-0.15, -0.1) is 0 Å². The molecule has 1 rings (SSSR count). The van der Waals surface area contributed by atoms with Crippen LogP contribution in [0.4, 0.5) is 15.8 Å². The van der Waals surface area contributed by atoms with E-state index in [1.807, 2.05) is 11.8 Å². The number of carbonyl (C=O) groups is 1. The monoisotopic (exact) mass is 239 g/mol. The number of hydrogen-bond acceptors (Lipinski definition) is 3. The van der Waals surface area contributed by atoms with Gasteiger partial charge in [-0.2, -0.15) is 0 Å². The summed E-state index contributed by atoms with van der Waals surface area (Å²) in [5.74, 6) is -0.468. The van der Waals surface area contributed by atoms with Gasteiger partial charge in [-0.3, -0.25) is 4.79 Å². The van der Waals surface area contributed by atoms with Crippen molar-refractivity contribution in [3.05, 3.63) is 24.0 Å². The summed E-state index contributed by atoms with van der Waals surface area (Å²) in [5.41, 5.74) is 6.80. The van der Waals surface area contributed by atoms with Crippen LogP contribution in [0.15, 0.2) is 18.2 Å². The lowest BCUT2D eigenvalue weighted by atomic mass is 10.2. The molecule has 0 unspecified atom stereocenters. The van der Waals surface area contributed by atoms with E-state index in [0.29, 0.717) is 17.9 Å². The molecule has 0 fully saturated rings. The summed E-state index contributed by atoms with van der Waals surface area (Å²) >= 11 is 0. The van der Waals surface area contributed by atoms with Gasteiger partial charge in [0.1, 0.15) is 5.82 Å². The van der Waals surface area contributed by atoms with Crippen molar-refractivity contribution in [1.82, 2.24) is 5.32 Å². The Morgan fingerprint density at radius 3 is 2.76 bits per heavy atom. The molecule has 1 aromatic rings. The number of nitrogens with one attached hydrogen (secondary N) is 1. The Morgan fingerprint density at radius 1 is 1.53 bits per heavy atom. The molecule has 0 radical (unpaired) electrons. The first-order valence-corrected chi connectivity index (χ1v) is 5.59. The maximum absolute atomic E-state index is 12.9. The number of nitrogen functional groups attached to an aromatic ring is 1. The van der Waals surface area contributed by atoms with Gasteiger partial charge in [0, 0.05) is 13.6 Å². The van der Waals surface area contributed by atoms with Gasteiger partial charge >= 0.3 is 0 Å². The number of rotatable bonds is 5. The number of amides is 1. The number of nitrogens with zero attached hydrogens (tertiary/aromatic N) is 1. The number of halogens is 1. The van der Waals surface area contributed by atoms with Gasteiger partial charge in [0.25, 0.3) is 0 Å². The summed E-state index contributed by atoms with van der Waals surface area (Å²) in [6.07, 6.45) is 0.883. The molecule has 17 heavy (non-hydrogen) atoms. The Hall–Kier alpha value is -1.78. The van der Waals surface area contributed by atoms with Crippen molar-refractivity contribution in [3.63, 3.8) is 0 Å². The molecule has 5 heteroatoms. The highest BCUT2D eigenvalue weighted by molar-refractivity contribution is 5.82. The molecule has 0 aromatic heterocycles. The quantitative estimate of drug-likeness (QED) is 0.763. The molecular formula is C12H18FN3O. The number of nitrogens with two attached hydrogens (primary N) is 1. The number of carbonyl (C=O) groups excluding carboxylic acids is 1. The first-order chi connectivity index (χ1) is 8.08. The normalized spacial score (nSPS) is 10.1. The molecule has 0 atom stereocenters. The zero-order valence-corrected chi connectivity index (χ0v) is 10.2. The summed E-state index contributed by atoms with van der Waals surface area (Å²) in [6.45, 7) is 2.93. The van der Waals surface area contributed by atoms with Crippen molar-refractivity contribution in [2.45, 2.75) is 13.3 Å². The topological polar surface area (TPSA) is 58.4 Å². The van der Waals surface area contributed by atoms with E-state index in [1.54, 1.807) is 13.1 Å². The van der Waals surface area contributed by atoms with Crippen molar-refractivity contribution in [3.8, 4) is 0 Å². The Bertz CT molecular complexity index is 395. The van der Waals surface area contributed by atoms with Crippen molar-refractivity contribution < 1.29 is 9.18 Å². The van der Waals surface area contributed by atoms with Gasteiger partial charge in [0.05, 0.1) is 17.9 Å². The number of anilines is 2. The van der Waals surface area contributed by atoms with E-state index < -0.39 is 0 Å². The SMILES string of the molecule is CCCN(CC(=O)NC)c1ccc(F)cc1N. The maximum Gasteiger partial charge on any atom is 0.239 e. The van der Waals surface area contributed by atoms with E-state index in [9.17, 15) is 9.18 Å². The van der Waals surface area contributed by atoms with E-state index in [4.69, 9.17) is 5.73 Å². The molecule has 94 valence electrons. The van der Waals surface area contributed by atoms with E-state index >= 15 is 0 Å². The van der Waals surface area contributed by atoms with Gasteiger partial charge < -0.3 is 16.0 Å². The fraction of sp³-hybridized carbons (Fsp3) is 0.417. The standard InChI is InChI=1S/C12H18FN3O/c1-3-6-16(8-12(17)15-2)11-5-4-9(13)7-10(11)14/h4-5,7H,3,6,8,14H2,1-2H3,(H,15,17). The van der Waals surface area contributed by atoms with Crippen LogP contribution in [-0.4, -0.2) is 26.0 Å². The molecule has 4 nitrogen and oxygen atoms in total. The number of benzene rings is 1. The van der Waals surface area contributed by atoms with E-state index in [-0.39, 0.29) is 18.3 Å². The molecule has 0 aliphatic carbocycles. The lowest BCUT2D eigenvalue weighted by molar-refractivity contribution is -0.119. The second-order valence-corrected chi connectivity index (χ2v) is 3.80. The Balaban J connectivity index is 2.92. The minimum absolute atomic E-state index is 0.0952. The third kappa shape index (κ3) is 3.62. The molecule has 1 amide bonds. The summed E-state index contributed by atoms with van der Waals surface area (Å²) in [6, 6.07) is 4.21. The molecule has 3 N–H and O–H groups in total. The third-order valence-corrected chi connectivity index (χ3v) is 2.44. The van der Waals surface area contributed by atoms with Crippen LogP contribution in [-0.2, 0) is 4.79 Å². The molecule has 0 spiro atoms. The van der Waals surface area contributed by atoms with Crippen LogP contribution < -0.4 is 16.0 Å². The largest absolute Gasteiger partial charge is 0.397 e. The number of likely N-dealkylation sites (N-methyl/N-ethyl adjacent to an activating group) is 1. The van der Waals surface area contributed by atoms with Gasteiger partial charge in [-0.05, 0) is 24.6 Å². The van der Waals surface area contributed by atoms with Crippen LogP contribution in [0.5, 0.6) is 0 Å². The van der Waals surface area contributed by atoms with Crippen LogP contribution in [0.2, 0.25) is 0 Å². The van der Waals surface area contributed by atoms with Crippen LogP contribution in [0.25, 0.3) is 0 Å².